The van der Waals surface area contributed by atoms with Gasteiger partial charge in [0.2, 0.25) is 0 Å². The Labute approximate surface area is 121 Å². The molecule has 0 radical (unpaired) electrons. The summed E-state index contributed by atoms with van der Waals surface area (Å²) in [7, 11) is 1.36. The van der Waals surface area contributed by atoms with Crippen molar-refractivity contribution in [3.8, 4) is 17.0 Å². The molecule has 3 rings (SSSR count). The molecule has 0 bridgehead atoms. The Morgan fingerprint density at radius 3 is 2.67 bits per heavy atom. The third-order valence-corrected chi connectivity index (χ3v) is 3.49. The second kappa shape index (κ2) is 5.01. The Kier molecular flexibility index (Phi) is 3.17. The molecule has 0 spiro atoms. The number of carbonyl (C=O) groups excluding carboxylic acids is 1. The van der Waals surface area contributed by atoms with Gasteiger partial charge in [-0.1, -0.05) is 0 Å². The van der Waals surface area contributed by atoms with E-state index in [0.29, 0.717) is 17.8 Å². The van der Waals surface area contributed by atoms with Gasteiger partial charge in [0.05, 0.1) is 30.6 Å². The van der Waals surface area contributed by atoms with Crippen LogP contribution >= 0.6 is 0 Å². The first-order chi connectivity index (χ1) is 10.1. The van der Waals surface area contributed by atoms with E-state index in [0.717, 1.165) is 22.5 Å². The SMILES string of the molecule is COC(=O)c1cc(-c2ccc(O)cc2)nc2c1C(C)=NC2. The van der Waals surface area contributed by atoms with Crippen molar-refractivity contribution in [1.82, 2.24) is 4.98 Å². The average molecular weight is 282 g/mol. The van der Waals surface area contributed by atoms with Crippen LogP contribution in [-0.2, 0) is 11.3 Å². The van der Waals surface area contributed by atoms with Crippen LogP contribution in [0.25, 0.3) is 11.3 Å². The van der Waals surface area contributed by atoms with Crippen LogP contribution in [0.5, 0.6) is 5.75 Å². The molecule has 21 heavy (non-hydrogen) atoms. The molecule has 1 aromatic carbocycles. The lowest BCUT2D eigenvalue weighted by Gasteiger charge is -2.10. The Bertz CT molecular complexity index is 749. The Hall–Kier alpha value is -2.69. The van der Waals surface area contributed by atoms with Gasteiger partial charge in [0.1, 0.15) is 5.75 Å². The Morgan fingerprint density at radius 2 is 2.00 bits per heavy atom. The first kappa shape index (κ1) is 13.3. The van der Waals surface area contributed by atoms with E-state index in [1.54, 1.807) is 30.3 Å². The largest absolute Gasteiger partial charge is 0.508 e. The molecule has 1 aromatic heterocycles. The highest BCUT2D eigenvalue weighted by Crippen LogP contribution is 2.28. The fraction of sp³-hybridized carbons (Fsp3) is 0.188. The Morgan fingerprint density at radius 1 is 1.29 bits per heavy atom. The molecular formula is C16H14N2O3. The summed E-state index contributed by atoms with van der Waals surface area (Å²) in [5.41, 5.74) is 4.31. The number of nitrogens with zero attached hydrogens (tertiary/aromatic N) is 2. The number of phenolic OH excluding ortho intramolecular Hbond substituents is 1. The van der Waals surface area contributed by atoms with Gasteiger partial charge >= 0.3 is 5.97 Å². The molecule has 0 saturated heterocycles. The van der Waals surface area contributed by atoms with Gasteiger partial charge in [0.25, 0.3) is 0 Å². The van der Waals surface area contributed by atoms with Crippen molar-refractivity contribution in [2.24, 2.45) is 4.99 Å². The van der Waals surface area contributed by atoms with Gasteiger partial charge in [-0.2, -0.15) is 0 Å². The Balaban J connectivity index is 2.17. The van der Waals surface area contributed by atoms with Crippen molar-refractivity contribution in [1.29, 1.82) is 0 Å². The number of aromatic nitrogens is 1. The maximum Gasteiger partial charge on any atom is 0.338 e. The van der Waals surface area contributed by atoms with Crippen molar-refractivity contribution in [2.75, 3.05) is 7.11 Å². The van der Waals surface area contributed by atoms with Crippen LogP contribution in [0, 0.1) is 0 Å². The molecule has 0 aliphatic carbocycles. The monoisotopic (exact) mass is 282 g/mol. The smallest absolute Gasteiger partial charge is 0.338 e. The second-order valence-electron chi connectivity index (χ2n) is 4.82. The van der Waals surface area contributed by atoms with E-state index < -0.39 is 5.97 Å². The normalized spacial score (nSPS) is 12.8. The third kappa shape index (κ3) is 2.27. The summed E-state index contributed by atoms with van der Waals surface area (Å²) < 4.78 is 4.86. The first-order valence-electron chi connectivity index (χ1n) is 6.53. The van der Waals surface area contributed by atoms with Crippen molar-refractivity contribution >= 4 is 11.7 Å². The summed E-state index contributed by atoms with van der Waals surface area (Å²) in [6.45, 7) is 2.33. The first-order valence-corrected chi connectivity index (χ1v) is 6.53. The van der Waals surface area contributed by atoms with Gasteiger partial charge in [0, 0.05) is 16.8 Å². The van der Waals surface area contributed by atoms with Gasteiger partial charge in [-0.25, -0.2) is 4.79 Å². The minimum Gasteiger partial charge on any atom is -0.508 e. The molecule has 1 aliphatic rings. The molecule has 1 aliphatic heterocycles. The standard InChI is InChI=1S/C16H14N2O3/c1-9-15-12(16(20)21-2)7-13(18-14(15)8-17-9)10-3-5-11(19)6-4-10/h3-7,19H,8H2,1-2H3. The van der Waals surface area contributed by atoms with Crippen molar-refractivity contribution in [2.45, 2.75) is 13.5 Å². The van der Waals surface area contributed by atoms with E-state index in [4.69, 9.17) is 4.74 Å². The quantitative estimate of drug-likeness (QED) is 0.859. The van der Waals surface area contributed by atoms with Crippen molar-refractivity contribution < 1.29 is 14.6 Å². The molecule has 0 fully saturated rings. The molecule has 0 amide bonds. The van der Waals surface area contributed by atoms with Crippen molar-refractivity contribution in [3.05, 3.63) is 47.2 Å². The molecule has 0 saturated carbocycles. The number of phenols is 1. The van der Waals surface area contributed by atoms with E-state index in [1.165, 1.54) is 7.11 Å². The van der Waals surface area contributed by atoms with Gasteiger partial charge in [-0.15, -0.1) is 0 Å². The fourth-order valence-electron chi connectivity index (χ4n) is 2.44. The number of esters is 1. The zero-order valence-electron chi connectivity index (χ0n) is 11.8. The fourth-order valence-corrected chi connectivity index (χ4v) is 2.44. The molecule has 0 atom stereocenters. The summed E-state index contributed by atoms with van der Waals surface area (Å²) in [6.07, 6.45) is 0. The summed E-state index contributed by atoms with van der Waals surface area (Å²) >= 11 is 0. The predicted molar refractivity (Wildman–Crippen MR) is 78.6 cm³/mol. The molecule has 5 heteroatoms. The lowest BCUT2D eigenvalue weighted by Crippen LogP contribution is -2.11. The number of rotatable bonds is 2. The molecule has 1 N–H and O–H groups in total. The van der Waals surface area contributed by atoms with Crippen LogP contribution in [0.3, 0.4) is 0 Å². The van der Waals surface area contributed by atoms with E-state index in [1.807, 2.05) is 6.92 Å². The second-order valence-corrected chi connectivity index (χ2v) is 4.82. The number of pyridine rings is 1. The lowest BCUT2D eigenvalue weighted by atomic mass is 10.0. The highest BCUT2D eigenvalue weighted by atomic mass is 16.5. The van der Waals surface area contributed by atoms with E-state index in [-0.39, 0.29) is 5.75 Å². The van der Waals surface area contributed by atoms with Crippen LogP contribution in [0.1, 0.15) is 28.5 Å². The maximum absolute atomic E-state index is 12.0. The lowest BCUT2D eigenvalue weighted by molar-refractivity contribution is 0.0600. The summed E-state index contributed by atoms with van der Waals surface area (Å²) in [6, 6.07) is 8.40. The summed E-state index contributed by atoms with van der Waals surface area (Å²) in [5, 5.41) is 9.36. The molecule has 5 nitrogen and oxygen atoms in total. The molecule has 106 valence electrons. The third-order valence-electron chi connectivity index (χ3n) is 3.49. The zero-order chi connectivity index (χ0) is 15.0. The molecule has 2 aromatic rings. The topological polar surface area (TPSA) is 71.8 Å². The van der Waals surface area contributed by atoms with E-state index in [9.17, 15) is 9.90 Å². The molecule has 0 unspecified atom stereocenters. The number of ether oxygens (including phenoxy) is 1. The van der Waals surface area contributed by atoms with Crippen LogP contribution in [0.2, 0.25) is 0 Å². The number of hydrogen-bond acceptors (Lipinski definition) is 5. The number of fused-ring (bicyclic) bond motifs is 1. The van der Waals surface area contributed by atoms with Gasteiger partial charge < -0.3 is 9.84 Å². The van der Waals surface area contributed by atoms with E-state index in [2.05, 4.69) is 9.98 Å². The van der Waals surface area contributed by atoms with Crippen LogP contribution in [0.4, 0.5) is 0 Å². The number of hydrogen-bond donors (Lipinski definition) is 1. The number of benzene rings is 1. The number of carbonyl (C=O) groups is 1. The van der Waals surface area contributed by atoms with E-state index >= 15 is 0 Å². The van der Waals surface area contributed by atoms with Gasteiger partial charge in [0.15, 0.2) is 0 Å². The average Bonchev–Trinajstić information content (AvgIpc) is 2.88. The van der Waals surface area contributed by atoms with Crippen LogP contribution in [0.15, 0.2) is 35.3 Å². The summed E-state index contributed by atoms with van der Waals surface area (Å²) in [4.78, 5) is 20.9. The highest BCUT2D eigenvalue weighted by molar-refractivity contribution is 6.10. The predicted octanol–water partition coefficient (Wildman–Crippen LogP) is 2.56. The molecular weight excluding hydrogens is 268 g/mol. The number of aromatic hydroxyl groups is 1. The van der Waals surface area contributed by atoms with Crippen LogP contribution < -0.4 is 0 Å². The number of aliphatic imine (C=N–C) groups is 1. The van der Waals surface area contributed by atoms with Gasteiger partial charge in [-0.05, 0) is 37.3 Å². The highest BCUT2D eigenvalue weighted by Gasteiger charge is 2.24. The number of methoxy groups -OCH3 is 1. The summed E-state index contributed by atoms with van der Waals surface area (Å²) in [5.74, 6) is -0.211. The van der Waals surface area contributed by atoms with Crippen molar-refractivity contribution in [3.63, 3.8) is 0 Å². The maximum atomic E-state index is 12.0. The minimum absolute atomic E-state index is 0.187. The van der Waals surface area contributed by atoms with Crippen LogP contribution in [-0.4, -0.2) is 28.9 Å². The molecule has 2 heterocycles. The van der Waals surface area contributed by atoms with Gasteiger partial charge in [-0.3, -0.25) is 9.98 Å². The zero-order valence-corrected chi connectivity index (χ0v) is 11.8. The minimum atomic E-state index is -0.398.